The van der Waals surface area contributed by atoms with E-state index in [4.69, 9.17) is 9.47 Å². The second kappa shape index (κ2) is 10.8. The molecule has 0 bridgehead atoms. The molecule has 32 heavy (non-hydrogen) atoms. The number of halogens is 2. The molecule has 172 valence electrons. The third kappa shape index (κ3) is 5.46. The molecule has 1 heterocycles. The zero-order chi connectivity index (χ0) is 23.1. The molecular weight excluding hydrogens is 422 g/mol. The fourth-order valence-corrected chi connectivity index (χ4v) is 3.49. The van der Waals surface area contributed by atoms with Crippen LogP contribution >= 0.6 is 0 Å². The van der Waals surface area contributed by atoms with Crippen LogP contribution in [-0.2, 0) is 0 Å². The lowest BCUT2D eigenvalue weighted by Gasteiger charge is -2.35. The quantitative estimate of drug-likeness (QED) is 0.616. The van der Waals surface area contributed by atoms with E-state index in [1.807, 2.05) is 13.8 Å². The molecule has 1 aliphatic rings. The van der Waals surface area contributed by atoms with Crippen molar-refractivity contribution in [2.45, 2.75) is 20.5 Å². The molecule has 0 aliphatic carbocycles. The third-order valence-corrected chi connectivity index (χ3v) is 4.98. The van der Waals surface area contributed by atoms with Gasteiger partial charge in [-0.15, -0.1) is 0 Å². The maximum absolute atomic E-state index is 13.0. The van der Waals surface area contributed by atoms with E-state index < -0.39 is 12.5 Å². The summed E-state index contributed by atoms with van der Waals surface area (Å²) >= 11 is 0. The van der Waals surface area contributed by atoms with Gasteiger partial charge in [-0.1, -0.05) is 12.1 Å². The van der Waals surface area contributed by atoms with Gasteiger partial charge in [0.25, 0.3) is 11.8 Å². The lowest BCUT2D eigenvalue weighted by molar-refractivity contribution is -0.0503. The Labute approximate surface area is 185 Å². The van der Waals surface area contributed by atoms with Gasteiger partial charge < -0.3 is 24.0 Å². The first-order valence-corrected chi connectivity index (χ1v) is 10.5. The molecule has 3 rings (SSSR count). The van der Waals surface area contributed by atoms with Crippen molar-refractivity contribution in [1.82, 2.24) is 9.80 Å². The highest BCUT2D eigenvalue weighted by Gasteiger charge is 2.28. The van der Waals surface area contributed by atoms with E-state index in [0.29, 0.717) is 43.4 Å². The molecule has 2 aromatic carbocycles. The van der Waals surface area contributed by atoms with Gasteiger partial charge in [0.15, 0.2) is 11.5 Å². The fraction of sp³-hybridized carbons (Fsp3) is 0.391. The Morgan fingerprint density at radius 1 is 0.844 bits per heavy atom. The molecule has 0 aromatic heterocycles. The zero-order valence-corrected chi connectivity index (χ0v) is 18.1. The van der Waals surface area contributed by atoms with Gasteiger partial charge in [0.2, 0.25) is 0 Å². The number of carbonyl (C=O) groups is 2. The average molecular weight is 448 g/mol. The largest absolute Gasteiger partial charge is 0.490 e. The number of alkyl halides is 2. The van der Waals surface area contributed by atoms with Gasteiger partial charge in [-0.2, -0.15) is 8.78 Å². The summed E-state index contributed by atoms with van der Waals surface area (Å²) in [5, 5.41) is 0. The van der Waals surface area contributed by atoms with Gasteiger partial charge in [0.05, 0.1) is 18.8 Å². The first kappa shape index (κ1) is 23.3. The van der Waals surface area contributed by atoms with Gasteiger partial charge in [0.1, 0.15) is 5.75 Å². The van der Waals surface area contributed by atoms with Gasteiger partial charge >= 0.3 is 6.61 Å². The molecule has 0 spiro atoms. The number of rotatable bonds is 8. The summed E-state index contributed by atoms with van der Waals surface area (Å²) in [7, 11) is 0. The molecule has 0 unspecified atom stereocenters. The van der Waals surface area contributed by atoms with Gasteiger partial charge in [-0.25, -0.2) is 0 Å². The minimum absolute atomic E-state index is 0.0699. The maximum atomic E-state index is 13.0. The molecule has 0 radical (unpaired) electrons. The average Bonchev–Trinajstić information content (AvgIpc) is 2.80. The van der Waals surface area contributed by atoms with Gasteiger partial charge in [0, 0.05) is 31.7 Å². The standard InChI is InChI=1S/C23H26F2N2O5/c1-3-30-19-10-9-16(15-20(19)31-4-2)21(28)26-11-13-27(14-12-26)22(29)17-7-5-6-8-18(17)32-23(24)25/h5-10,15,23H,3-4,11-14H2,1-2H3. The van der Waals surface area contributed by atoms with Crippen LogP contribution in [-0.4, -0.2) is 67.6 Å². The number of ether oxygens (including phenoxy) is 3. The first-order chi connectivity index (χ1) is 15.4. The molecule has 0 saturated carbocycles. The fourth-order valence-electron chi connectivity index (χ4n) is 3.49. The van der Waals surface area contributed by atoms with E-state index in [0.717, 1.165) is 0 Å². The number of hydrogen-bond donors (Lipinski definition) is 0. The van der Waals surface area contributed by atoms with Crippen LogP contribution in [0.3, 0.4) is 0 Å². The van der Waals surface area contributed by atoms with Gasteiger partial charge in [-0.05, 0) is 44.2 Å². The maximum Gasteiger partial charge on any atom is 0.387 e. The molecular formula is C23H26F2N2O5. The molecule has 1 aliphatic heterocycles. The summed E-state index contributed by atoms with van der Waals surface area (Å²) in [5.74, 6) is 0.329. The normalized spacial score (nSPS) is 13.8. The van der Waals surface area contributed by atoms with E-state index in [1.165, 1.54) is 23.1 Å². The minimum Gasteiger partial charge on any atom is -0.490 e. The van der Waals surface area contributed by atoms with Crippen molar-refractivity contribution in [3.8, 4) is 17.2 Å². The lowest BCUT2D eigenvalue weighted by Crippen LogP contribution is -2.50. The number of para-hydroxylation sites is 1. The predicted molar refractivity (Wildman–Crippen MR) is 114 cm³/mol. The second-order valence-corrected chi connectivity index (χ2v) is 6.99. The molecule has 0 N–H and O–H groups in total. The Morgan fingerprint density at radius 3 is 2.06 bits per heavy atom. The van der Waals surface area contributed by atoms with Crippen molar-refractivity contribution in [3.63, 3.8) is 0 Å². The van der Waals surface area contributed by atoms with Crippen molar-refractivity contribution >= 4 is 11.8 Å². The van der Waals surface area contributed by atoms with Crippen molar-refractivity contribution in [2.24, 2.45) is 0 Å². The van der Waals surface area contributed by atoms with Crippen LogP contribution in [0.4, 0.5) is 8.78 Å². The number of hydrogen-bond acceptors (Lipinski definition) is 5. The summed E-state index contributed by atoms with van der Waals surface area (Å²) in [4.78, 5) is 29.0. The van der Waals surface area contributed by atoms with Crippen molar-refractivity contribution < 1.29 is 32.6 Å². The van der Waals surface area contributed by atoms with Crippen LogP contribution < -0.4 is 14.2 Å². The SMILES string of the molecule is CCOc1ccc(C(=O)N2CCN(C(=O)c3ccccc3OC(F)F)CC2)cc1OCC. The Hall–Kier alpha value is -3.36. The number of piperazine rings is 1. The molecule has 0 atom stereocenters. The highest BCUT2D eigenvalue weighted by molar-refractivity contribution is 5.98. The summed E-state index contributed by atoms with van der Waals surface area (Å²) in [6, 6.07) is 11.0. The Balaban J connectivity index is 1.66. The molecule has 2 amide bonds. The van der Waals surface area contributed by atoms with Crippen LogP contribution in [0.15, 0.2) is 42.5 Å². The number of carbonyl (C=O) groups excluding carboxylic acids is 2. The van der Waals surface area contributed by atoms with Gasteiger partial charge in [-0.3, -0.25) is 9.59 Å². The summed E-state index contributed by atoms with van der Waals surface area (Å²) in [6.45, 7) is 2.82. The monoisotopic (exact) mass is 448 g/mol. The van der Waals surface area contributed by atoms with E-state index in [2.05, 4.69) is 4.74 Å². The second-order valence-electron chi connectivity index (χ2n) is 6.99. The van der Waals surface area contributed by atoms with Crippen LogP contribution in [0.2, 0.25) is 0 Å². The minimum atomic E-state index is -3.02. The van der Waals surface area contributed by atoms with E-state index in [1.54, 1.807) is 29.2 Å². The van der Waals surface area contributed by atoms with Crippen molar-refractivity contribution in [2.75, 3.05) is 39.4 Å². The Bertz CT molecular complexity index is 946. The Morgan fingerprint density at radius 2 is 1.44 bits per heavy atom. The van der Waals surface area contributed by atoms with Crippen LogP contribution in [0, 0.1) is 0 Å². The summed E-state index contributed by atoms with van der Waals surface area (Å²) in [5.41, 5.74) is 0.535. The smallest absolute Gasteiger partial charge is 0.387 e. The van der Waals surface area contributed by atoms with Crippen LogP contribution in [0.1, 0.15) is 34.6 Å². The van der Waals surface area contributed by atoms with E-state index in [9.17, 15) is 18.4 Å². The summed E-state index contributed by atoms with van der Waals surface area (Å²) < 4.78 is 40.9. The number of amides is 2. The lowest BCUT2D eigenvalue weighted by atomic mass is 10.1. The van der Waals surface area contributed by atoms with E-state index >= 15 is 0 Å². The highest BCUT2D eigenvalue weighted by atomic mass is 19.3. The zero-order valence-electron chi connectivity index (χ0n) is 18.1. The Kier molecular flexibility index (Phi) is 7.86. The molecule has 7 nitrogen and oxygen atoms in total. The topological polar surface area (TPSA) is 68.3 Å². The summed E-state index contributed by atoms with van der Waals surface area (Å²) in [6.07, 6.45) is 0. The molecule has 1 saturated heterocycles. The van der Waals surface area contributed by atoms with Crippen LogP contribution in [0.25, 0.3) is 0 Å². The molecule has 1 fully saturated rings. The molecule has 9 heteroatoms. The van der Waals surface area contributed by atoms with Crippen molar-refractivity contribution in [1.29, 1.82) is 0 Å². The van der Waals surface area contributed by atoms with Crippen LogP contribution in [0.5, 0.6) is 17.2 Å². The van der Waals surface area contributed by atoms with Crippen molar-refractivity contribution in [3.05, 3.63) is 53.6 Å². The number of nitrogens with zero attached hydrogens (tertiary/aromatic N) is 2. The molecule has 2 aromatic rings. The number of benzene rings is 2. The predicted octanol–water partition coefficient (Wildman–Crippen LogP) is 3.68. The van der Waals surface area contributed by atoms with E-state index in [-0.39, 0.29) is 30.3 Å². The highest BCUT2D eigenvalue weighted by Crippen LogP contribution is 2.29. The first-order valence-electron chi connectivity index (χ1n) is 10.5. The third-order valence-electron chi connectivity index (χ3n) is 4.98.